The van der Waals surface area contributed by atoms with E-state index in [2.05, 4.69) is 4.72 Å². The van der Waals surface area contributed by atoms with Gasteiger partial charge < -0.3 is 16.2 Å². The number of hydrogen-bond donors (Lipinski definition) is 3. The van der Waals surface area contributed by atoms with Crippen LogP contribution in [0.1, 0.15) is 23.2 Å². The van der Waals surface area contributed by atoms with E-state index in [0.29, 0.717) is 19.6 Å². The number of nitrogen functional groups attached to an aromatic ring is 1. The molecule has 0 aliphatic rings. The highest BCUT2D eigenvalue weighted by Crippen LogP contribution is 2.19. The standard InChI is InChI=1S/C12H19N3O4S/c1-19-7-3-2-6-15-20(17,18)11-5-4-9(12(14)16)8-10(11)13/h4-5,8,15H,2-3,6-7,13H2,1H3,(H2,14,16). The number of hydrogen-bond acceptors (Lipinski definition) is 5. The Bertz CT molecular complexity index is 572. The highest BCUT2D eigenvalue weighted by atomic mass is 32.2. The number of benzene rings is 1. The predicted octanol–water partition coefficient (Wildman–Crippen LogP) is 0.0726. The van der Waals surface area contributed by atoms with Crippen molar-refractivity contribution in [1.29, 1.82) is 0 Å². The number of amides is 1. The van der Waals surface area contributed by atoms with Crippen LogP contribution in [0.15, 0.2) is 23.1 Å². The van der Waals surface area contributed by atoms with Gasteiger partial charge in [-0.25, -0.2) is 13.1 Å². The van der Waals surface area contributed by atoms with Crippen LogP contribution in [0.5, 0.6) is 0 Å². The average Bonchev–Trinajstić information content (AvgIpc) is 2.37. The average molecular weight is 301 g/mol. The molecule has 0 saturated carbocycles. The first-order valence-electron chi connectivity index (χ1n) is 6.06. The molecular formula is C12H19N3O4S. The van der Waals surface area contributed by atoms with Crippen molar-refractivity contribution in [1.82, 2.24) is 4.72 Å². The zero-order valence-electron chi connectivity index (χ0n) is 11.3. The van der Waals surface area contributed by atoms with Crippen molar-refractivity contribution in [3.8, 4) is 0 Å². The molecule has 5 N–H and O–H groups in total. The summed E-state index contributed by atoms with van der Waals surface area (Å²) >= 11 is 0. The van der Waals surface area contributed by atoms with E-state index in [0.717, 1.165) is 6.42 Å². The van der Waals surface area contributed by atoms with Crippen LogP contribution in [-0.2, 0) is 14.8 Å². The maximum absolute atomic E-state index is 12.0. The SMILES string of the molecule is COCCCCNS(=O)(=O)c1ccc(C(N)=O)cc1N. The summed E-state index contributed by atoms with van der Waals surface area (Å²) in [6, 6.07) is 3.85. The number of ether oxygens (including phenoxy) is 1. The number of anilines is 1. The number of sulfonamides is 1. The third-order valence-electron chi connectivity index (χ3n) is 2.65. The van der Waals surface area contributed by atoms with E-state index >= 15 is 0 Å². The van der Waals surface area contributed by atoms with Gasteiger partial charge in [-0.1, -0.05) is 0 Å². The normalized spacial score (nSPS) is 11.4. The lowest BCUT2D eigenvalue weighted by molar-refractivity contribution is 0.1000. The molecule has 112 valence electrons. The number of methoxy groups -OCH3 is 1. The van der Waals surface area contributed by atoms with Crippen LogP contribution >= 0.6 is 0 Å². The van der Waals surface area contributed by atoms with Gasteiger partial charge >= 0.3 is 0 Å². The molecule has 0 aliphatic carbocycles. The van der Waals surface area contributed by atoms with Gasteiger partial charge in [0.05, 0.1) is 5.69 Å². The van der Waals surface area contributed by atoms with E-state index in [9.17, 15) is 13.2 Å². The van der Waals surface area contributed by atoms with Crippen LogP contribution in [-0.4, -0.2) is 34.6 Å². The topological polar surface area (TPSA) is 125 Å². The molecule has 0 aromatic heterocycles. The van der Waals surface area contributed by atoms with E-state index in [-0.39, 0.29) is 16.1 Å². The number of nitrogens with two attached hydrogens (primary N) is 2. The largest absolute Gasteiger partial charge is 0.398 e. The second-order valence-electron chi connectivity index (χ2n) is 4.21. The van der Waals surface area contributed by atoms with Crippen molar-refractivity contribution < 1.29 is 17.9 Å². The smallest absolute Gasteiger partial charge is 0.248 e. The Morgan fingerprint density at radius 3 is 2.60 bits per heavy atom. The molecule has 0 heterocycles. The van der Waals surface area contributed by atoms with Gasteiger partial charge in [0.25, 0.3) is 0 Å². The molecule has 0 bridgehead atoms. The summed E-state index contributed by atoms with van der Waals surface area (Å²) in [5.74, 6) is -0.659. The molecule has 0 aliphatic heterocycles. The Balaban J connectivity index is 2.75. The second-order valence-corrected chi connectivity index (χ2v) is 5.95. The van der Waals surface area contributed by atoms with Gasteiger partial charge in [-0.05, 0) is 31.0 Å². The Morgan fingerprint density at radius 2 is 2.05 bits per heavy atom. The fourth-order valence-corrected chi connectivity index (χ4v) is 2.79. The number of carbonyl (C=O) groups excluding carboxylic acids is 1. The third-order valence-corrected chi connectivity index (χ3v) is 4.19. The molecule has 1 aromatic rings. The minimum absolute atomic E-state index is 0.00862. The molecule has 0 fully saturated rings. The number of primary amides is 1. The van der Waals surface area contributed by atoms with E-state index < -0.39 is 15.9 Å². The van der Waals surface area contributed by atoms with Crippen LogP contribution in [0.3, 0.4) is 0 Å². The van der Waals surface area contributed by atoms with Crippen LogP contribution in [0.2, 0.25) is 0 Å². The zero-order valence-corrected chi connectivity index (χ0v) is 12.1. The summed E-state index contributed by atoms with van der Waals surface area (Å²) in [5.41, 5.74) is 10.9. The summed E-state index contributed by atoms with van der Waals surface area (Å²) in [6.45, 7) is 0.875. The first kappa shape index (κ1) is 16.4. The third kappa shape index (κ3) is 4.48. The van der Waals surface area contributed by atoms with Crippen LogP contribution < -0.4 is 16.2 Å². The van der Waals surface area contributed by atoms with Gasteiger partial charge in [0, 0.05) is 25.8 Å². The highest BCUT2D eigenvalue weighted by Gasteiger charge is 2.17. The Labute approximate surface area is 118 Å². The van der Waals surface area contributed by atoms with Gasteiger partial charge in [-0.3, -0.25) is 4.79 Å². The zero-order chi connectivity index (χ0) is 15.2. The molecule has 0 spiro atoms. The summed E-state index contributed by atoms with van der Waals surface area (Å²) in [7, 11) is -2.10. The van der Waals surface area contributed by atoms with Crippen LogP contribution in [0.4, 0.5) is 5.69 Å². The Hall–Kier alpha value is -1.64. The quantitative estimate of drug-likeness (QED) is 0.463. The fraction of sp³-hybridized carbons (Fsp3) is 0.417. The first-order valence-corrected chi connectivity index (χ1v) is 7.54. The monoisotopic (exact) mass is 301 g/mol. The van der Waals surface area contributed by atoms with Gasteiger partial charge in [-0.2, -0.15) is 0 Å². The van der Waals surface area contributed by atoms with Gasteiger partial charge in [0.1, 0.15) is 4.90 Å². The summed E-state index contributed by atoms with van der Waals surface area (Å²) in [5, 5.41) is 0. The van der Waals surface area contributed by atoms with Crippen molar-refractivity contribution in [3.63, 3.8) is 0 Å². The number of nitrogens with one attached hydrogen (secondary N) is 1. The van der Waals surface area contributed by atoms with Gasteiger partial charge in [0.2, 0.25) is 15.9 Å². The molecule has 20 heavy (non-hydrogen) atoms. The van der Waals surface area contributed by atoms with E-state index in [1.807, 2.05) is 0 Å². The molecule has 0 radical (unpaired) electrons. The first-order chi connectivity index (χ1) is 9.38. The van der Waals surface area contributed by atoms with Crippen molar-refractivity contribution >= 4 is 21.6 Å². The molecule has 8 heteroatoms. The second kappa shape index (κ2) is 7.22. The Morgan fingerprint density at radius 1 is 1.35 bits per heavy atom. The molecule has 0 atom stereocenters. The minimum atomic E-state index is -3.69. The van der Waals surface area contributed by atoms with Gasteiger partial charge in [-0.15, -0.1) is 0 Å². The molecular weight excluding hydrogens is 282 g/mol. The predicted molar refractivity (Wildman–Crippen MR) is 75.7 cm³/mol. The summed E-state index contributed by atoms with van der Waals surface area (Å²) in [4.78, 5) is 10.9. The number of unbranched alkanes of at least 4 members (excludes halogenated alkanes) is 1. The fourth-order valence-electron chi connectivity index (χ4n) is 1.60. The summed E-state index contributed by atoms with van der Waals surface area (Å²) < 4.78 is 31.4. The number of carbonyl (C=O) groups is 1. The maximum Gasteiger partial charge on any atom is 0.248 e. The highest BCUT2D eigenvalue weighted by molar-refractivity contribution is 7.89. The lowest BCUT2D eigenvalue weighted by Crippen LogP contribution is -2.26. The number of rotatable bonds is 8. The molecule has 0 saturated heterocycles. The lowest BCUT2D eigenvalue weighted by Gasteiger charge is -2.09. The lowest BCUT2D eigenvalue weighted by atomic mass is 10.2. The maximum atomic E-state index is 12.0. The van der Waals surface area contributed by atoms with Crippen molar-refractivity contribution in [3.05, 3.63) is 23.8 Å². The van der Waals surface area contributed by atoms with Crippen molar-refractivity contribution in [2.75, 3.05) is 26.0 Å². The van der Waals surface area contributed by atoms with Crippen LogP contribution in [0, 0.1) is 0 Å². The van der Waals surface area contributed by atoms with E-state index in [4.69, 9.17) is 16.2 Å². The molecule has 0 unspecified atom stereocenters. The Kier molecular flexibility index (Phi) is 5.93. The van der Waals surface area contributed by atoms with E-state index in [1.165, 1.54) is 18.2 Å². The molecule has 1 aromatic carbocycles. The summed E-state index contributed by atoms with van der Waals surface area (Å²) in [6.07, 6.45) is 1.42. The van der Waals surface area contributed by atoms with Crippen molar-refractivity contribution in [2.45, 2.75) is 17.7 Å². The van der Waals surface area contributed by atoms with Crippen LogP contribution in [0.25, 0.3) is 0 Å². The molecule has 1 rings (SSSR count). The van der Waals surface area contributed by atoms with Crippen molar-refractivity contribution in [2.24, 2.45) is 5.73 Å². The molecule has 7 nitrogen and oxygen atoms in total. The van der Waals surface area contributed by atoms with E-state index in [1.54, 1.807) is 7.11 Å². The molecule has 1 amide bonds. The minimum Gasteiger partial charge on any atom is -0.398 e. The van der Waals surface area contributed by atoms with Gasteiger partial charge in [0.15, 0.2) is 0 Å².